The van der Waals surface area contributed by atoms with Gasteiger partial charge in [-0.2, -0.15) is 0 Å². The summed E-state index contributed by atoms with van der Waals surface area (Å²) in [6.45, 7) is 8.77. The highest BCUT2D eigenvalue weighted by atomic mass is 79.9. The van der Waals surface area contributed by atoms with Crippen LogP contribution in [0.25, 0.3) is 5.57 Å². The molecular formula is C13H15Br. The molecule has 74 valence electrons. The van der Waals surface area contributed by atoms with E-state index in [1.54, 1.807) is 0 Å². The number of hydrogen-bond donors (Lipinski definition) is 0. The van der Waals surface area contributed by atoms with Crippen molar-refractivity contribution in [2.24, 2.45) is 11.8 Å². The zero-order valence-corrected chi connectivity index (χ0v) is 10.3. The molecule has 2 rings (SSSR count). The monoisotopic (exact) mass is 250 g/mol. The van der Waals surface area contributed by atoms with Gasteiger partial charge in [0.05, 0.1) is 0 Å². The maximum atomic E-state index is 4.22. The molecule has 0 aliphatic heterocycles. The van der Waals surface area contributed by atoms with E-state index in [9.17, 15) is 0 Å². The molecule has 1 aliphatic carbocycles. The van der Waals surface area contributed by atoms with E-state index in [2.05, 4.69) is 54.6 Å². The summed E-state index contributed by atoms with van der Waals surface area (Å²) in [4.78, 5) is 0. The summed E-state index contributed by atoms with van der Waals surface area (Å²) in [5.41, 5.74) is 4.12. The molecule has 0 nitrogen and oxygen atoms in total. The molecule has 1 heteroatoms. The summed E-state index contributed by atoms with van der Waals surface area (Å²) in [5, 5.41) is 0. The van der Waals surface area contributed by atoms with E-state index in [0.29, 0.717) is 11.8 Å². The first-order valence-electron chi connectivity index (χ1n) is 5.08. The van der Waals surface area contributed by atoms with Crippen LogP contribution in [0, 0.1) is 11.8 Å². The SMILES string of the molecule is C=C1c2cccc(Br)c2CC1C(C)C. The van der Waals surface area contributed by atoms with Crippen molar-refractivity contribution in [3.05, 3.63) is 40.4 Å². The summed E-state index contributed by atoms with van der Waals surface area (Å²) in [6, 6.07) is 6.40. The number of fused-ring (bicyclic) bond motifs is 1. The molecule has 1 aromatic rings. The van der Waals surface area contributed by atoms with Crippen molar-refractivity contribution >= 4 is 21.5 Å². The standard InChI is InChI=1S/C13H15Br/c1-8(2)11-7-12-10(9(11)3)5-4-6-13(12)14/h4-6,8,11H,3,7H2,1-2H3. The minimum atomic E-state index is 0.628. The van der Waals surface area contributed by atoms with E-state index in [1.807, 2.05) is 0 Å². The Morgan fingerprint density at radius 3 is 2.71 bits per heavy atom. The van der Waals surface area contributed by atoms with Gasteiger partial charge in [-0.15, -0.1) is 0 Å². The Morgan fingerprint density at radius 1 is 1.43 bits per heavy atom. The lowest BCUT2D eigenvalue weighted by molar-refractivity contribution is 0.491. The van der Waals surface area contributed by atoms with Crippen molar-refractivity contribution in [3.8, 4) is 0 Å². The Balaban J connectivity index is 2.45. The normalized spacial score (nSPS) is 20.3. The summed E-state index contributed by atoms with van der Waals surface area (Å²) in [5.74, 6) is 1.31. The van der Waals surface area contributed by atoms with Gasteiger partial charge in [-0.05, 0) is 41.0 Å². The van der Waals surface area contributed by atoms with Crippen molar-refractivity contribution in [3.63, 3.8) is 0 Å². The molecule has 1 atom stereocenters. The van der Waals surface area contributed by atoms with Crippen molar-refractivity contribution < 1.29 is 0 Å². The minimum absolute atomic E-state index is 0.628. The first kappa shape index (κ1) is 9.97. The zero-order chi connectivity index (χ0) is 10.3. The van der Waals surface area contributed by atoms with E-state index < -0.39 is 0 Å². The molecule has 1 unspecified atom stereocenters. The molecule has 0 saturated carbocycles. The third-order valence-corrected chi connectivity index (χ3v) is 3.88. The fourth-order valence-corrected chi connectivity index (χ4v) is 2.78. The molecule has 1 aromatic carbocycles. The van der Waals surface area contributed by atoms with Gasteiger partial charge >= 0.3 is 0 Å². The Bertz CT molecular complexity index is 377. The average Bonchev–Trinajstić information content (AvgIpc) is 2.46. The van der Waals surface area contributed by atoms with Crippen molar-refractivity contribution in [2.45, 2.75) is 20.3 Å². The van der Waals surface area contributed by atoms with Gasteiger partial charge in [-0.25, -0.2) is 0 Å². The highest BCUT2D eigenvalue weighted by molar-refractivity contribution is 9.10. The smallest absolute Gasteiger partial charge is 0.0213 e. The number of halogens is 1. The van der Waals surface area contributed by atoms with Crippen molar-refractivity contribution in [2.75, 3.05) is 0 Å². The van der Waals surface area contributed by atoms with Gasteiger partial charge in [0.25, 0.3) is 0 Å². The molecular weight excluding hydrogens is 236 g/mol. The Morgan fingerprint density at radius 2 is 2.14 bits per heavy atom. The molecule has 14 heavy (non-hydrogen) atoms. The minimum Gasteiger partial charge on any atom is -0.0949 e. The summed E-state index contributed by atoms with van der Waals surface area (Å²) in [6.07, 6.45) is 1.15. The van der Waals surface area contributed by atoms with Gasteiger partial charge in [0, 0.05) is 4.47 Å². The number of allylic oxidation sites excluding steroid dienone is 1. The van der Waals surface area contributed by atoms with Crippen LogP contribution in [-0.4, -0.2) is 0 Å². The van der Waals surface area contributed by atoms with Crippen LogP contribution in [-0.2, 0) is 6.42 Å². The van der Waals surface area contributed by atoms with E-state index in [4.69, 9.17) is 0 Å². The fraction of sp³-hybridized carbons (Fsp3) is 0.385. The van der Waals surface area contributed by atoms with E-state index in [0.717, 1.165) is 6.42 Å². The van der Waals surface area contributed by atoms with Gasteiger partial charge in [0.1, 0.15) is 0 Å². The molecule has 0 bridgehead atoms. The predicted octanol–water partition coefficient (Wildman–Crippen LogP) is 4.29. The first-order valence-corrected chi connectivity index (χ1v) is 5.87. The van der Waals surface area contributed by atoms with Crippen LogP contribution in [0.3, 0.4) is 0 Å². The van der Waals surface area contributed by atoms with Gasteiger partial charge in [0.15, 0.2) is 0 Å². The second-order valence-electron chi connectivity index (χ2n) is 4.35. The van der Waals surface area contributed by atoms with Crippen LogP contribution in [0.5, 0.6) is 0 Å². The highest BCUT2D eigenvalue weighted by Crippen LogP contribution is 2.42. The van der Waals surface area contributed by atoms with Crippen LogP contribution in [0.2, 0.25) is 0 Å². The predicted molar refractivity (Wildman–Crippen MR) is 65.2 cm³/mol. The fourth-order valence-electron chi connectivity index (χ4n) is 2.25. The molecule has 0 spiro atoms. The lowest BCUT2D eigenvalue weighted by Gasteiger charge is -2.14. The van der Waals surface area contributed by atoms with Crippen LogP contribution >= 0.6 is 15.9 Å². The topological polar surface area (TPSA) is 0 Å². The van der Waals surface area contributed by atoms with Crippen LogP contribution in [0.4, 0.5) is 0 Å². The Hall–Kier alpha value is -0.560. The van der Waals surface area contributed by atoms with E-state index in [-0.39, 0.29) is 0 Å². The second kappa shape index (κ2) is 3.54. The molecule has 0 N–H and O–H groups in total. The van der Waals surface area contributed by atoms with Gasteiger partial charge in [-0.3, -0.25) is 0 Å². The Labute approximate surface area is 94.2 Å². The lowest BCUT2D eigenvalue weighted by Crippen LogP contribution is -2.06. The third kappa shape index (κ3) is 1.44. The van der Waals surface area contributed by atoms with Crippen LogP contribution in [0.15, 0.2) is 29.3 Å². The van der Waals surface area contributed by atoms with Gasteiger partial charge < -0.3 is 0 Å². The van der Waals surface area contributed by atoms with Gasteiger partial charge in [-0.1, -0.05) is 48.5 Å². The van der Waals surface area contributed by atoms with Crippen molar-refractivity contribution in [1.29, 1.82) is 0 Å². The van der Waals surface area contributed by atoms with E-state index >= 15 is 0 Å². The highest BCUT2D eigenvalue weighted by Gasteiger charge is 2.28. The number of rotatable bonds is 1. The zero-order valence-electron chi connectivity index (χ0n) is 8.68. The quantitative estimate of drug-likeness (QED) is 0.698. The summed E-state index contributed by atoms with van der Waals surface area (Å²) >= 11 is 3.61. The largest absolute Gasteiger partial charge is 0.0949 e. The molecule has 0 heterocycles. The summed E-state index contributed by atoms with van der Waals surface area (Å²) < 4.78 is 1.24. The molecule has 0 aromatic heterocycles. The summed E-state index contributed by atoms with van der Waals surface area (Å²) in [7, 11) is 0. The molecule has 0 saturated heterocycles. The first-order chi connectivity index (χ1) is 6.61. The Kier molecular flexibility index (Phi) is 2.52. The number of hydrogen-bond acceptors (Lipinski definition) is 0. The van der Waals surface area contributed by atoms with E-state index in [1.165, 1.54) is 21.2 Å². The molecule has 1 aliphatic rings. The average molecular weight is 251 g/mol. The molecule has 0 radical (unpaired) electrons. The lowest BCUT2D eigenvalue weighted by atomic mass is 9.90. The van der Waals surface area contributed by atoms with Gasteiger partial charge in [0.2, 0.25) is 0 Å². The maximum absolute atomic E-state index is 4.22. The molecule has 0 amide bonds. The number of benzene rings is 1. The maximum Gasteiger partial charge on any atom is 0.0213 e. The third-order valence-electron chi connectivity index (χ3n) is 3.14. The van der Waals surface area contributed by atoms with Crippen LogP contribution < -0.4 is 0 Å². The second-order valence-corrected chi connectivity index (χ2v) is 5.20. The van der Waals surface area contributed by atoms with Crippen LogP contribution in [0.1, 0.15) is 25.0 Å². The van der Waals surface area contributed by atoms with Crippen molar-refractivity contribution in [1.82, 2.24) is 0 Å². The molecule has 0 fully saturated rings.